The van der Waals surface area contributed by atoms with Gasteiger partial charge >= 0.3 is 5.97 Å². The summed E-state index contributed by atoms with van der Waals surface area (Å²) in [6.45, 7) is 0.391. The van der Waals surface area contributed by atoms with Crippen molar-refractivity contribution in [1.29, 1.82) is 0 Å². The van der Waals surface area contributed by atoms with Gasteiger partial charge in [-0.3, -0.25) is 0 Å². The summed E-state index contributed by atoms with van der Waals surface area (Å²) in [5, 5.41) is 14.7. The first-order valence-electron chi connectivity index (χ1n) is 5.35. The van der Waals surface area contributed by atoms with Gasteiger partial charge in [0.15, 0.2) is 5.82 Å². The fourth-order valence-corrected chi connectivity index (χ4v) is 1.49. The number of para-hydroxylation sites is 1. The Labute approximate surface area is 104 Å². The number of carbonyl (C=O) groups excluding carboxylic acids is 1. The first kappa shape index (κ1) is 12.0. The molecule has 1 N–H and O–H groups in total. The van der Waals surface area contributed by atoms with Gasteiger partial charge in [-0.05, 0) is 17.3 Å². The predicted octanol–water partition coefficient (Wildman–Crippen LogP) is 0.609. The Bertz CT molecular complexity index is 552. The zero-order valence-electron chi connectivity index (χ0n) is 10.1. The number of aryl methyl sites for hydroxylation is 1. The summed E-state index contributed by atoms with van der Waals surface area (Å²) in [5.74, 6) is 0.169. The van der Waals surface area contributed by atoms with E-state index in [9.17, 15) is 4.79 Å². The molecule has 94 valence electrons. The molecule has 0 amide bonds. The van der Waals surface area contributed by atoms with Gasteiger partial charge in [0, 0.05) is 5.69 Å². The number of hydrogen-bond acceptors (Lipinski definition) is 6. The van der Waals surface area contributed by atoms with Crippen molar-refractivity contribution in [1.82, 2.24) is 20.2 Å². The maximum Gasteiger partial charge on any atom is 0.339 e. The quantitative estimate of drug-likeness (QED) is 0.797. The van der Waals surface area contributed by atoms with Crippen molar-refractivity contribution in [3.05, 3.63) is 35.7 Å². The molecule has 0 aliphatic carbocycles. The number of benzene rings is 1. The minimum Gasteiger partial charge on any atom is -0.465 e. The van der Waals surface area contributed by atoms with Crippen LogP contribution < -0.4 is 5.32 Å². The number of tetrazole rings is 1. The third-order valence-corrected chi connectivity index (χ3v) is 2.32. The lowest BCUT2D eigenvalue weighted by atomic mass is 10.2. The second-order valence-corrected chi connectivity index (χ2v) is 3.59. The molecule has 2 aromatic rings. The molecular formula is C11H13N5O2. The molecule has 0 bridgehead atoms. The largest absolute Gasteiger partial charge is 0.465 e. The molecule has 1 heterocycles. The van der Waals surface area contributed by atoms with Gasteiger partial charge in [-0.1, -0.05) is 12.1 Å². The number of nitrogens with one attached hydrogen (secondary N) is 1. The number of ether oxygens (including phenoxy) is 1. The molecule has 0 unspecified atom stereocenters. The summed E-state index contributed by atoms with van der Waals surface area (Å²) in [6, 6.07) is 7.10. The Hall–Kier alpha value is -2.44. The third kappa shape index (κ3) is 2.62. The Morgan fingerprint density at radius 2 is 2.22 bits per heavy atom. The molecule has 1 aromatic carbocycles. The van der Waals surface area contributed by atoms with Gasteiger partial charge in [0.2, 0.25) is 0 Å². The molecule has 18 heavy (non-hydrogen) atoms. The van der Waals surface area contributed by atoms with Crippen molar-refractivity contribution in [3.63, 3.8) is 0 Å². The summed E-state index contributed by atoms with van der Waals surface area (Å²) in [7, 11) is 3.04. The van der Waals surface area contributed by atoms with E-state index in [-0.39, 0.29) is 5.97 Å². The van der Waals surface area contributed by atoms with Crippen LogP contribution in [0.4, 0.5) is 5.69 Å². The number of methoxy groups -OCH3 is 1. The lowest BCUT2D eigenvalue weighted by Gasteiger charge is -2.08. The fraction of sp³-hybridized carbons (Fsp3) is 0.273. The highest BCUT2D eigenvalue weighted by Gasteiger charge is 2.11. The highest BCUT2D eigenvalue weighted by Crippen LogP contribution is 2.16. The average molecular weight is 247 g/mol. The van der Waals surface area contributed by atoms with Crippen molar-refractivity contribution in [2.45, 2.75) is 6.54 Å². The van der Waals surface area contributed by atoms with E-state index in [4.69, 9.17) is 4.74 Å². The molecule has 2 rings (SSSR count). The van der Waals surface area contributed by atoms with Gasteiger partial charge in [-0.2, -0.15) is 4.80 Å². The molecule has 0 radical (unpaired) electrons. The number of carbonyl (C=O) groups is 1. The average Bonchev–Trinajstić information content (AvgIpc) is 2.81. The molecule has 0 saturated carbocycles. The van der Waals surface area contributed by atoms with E-state index in [2.05, 4.69) is 20.7 Å². The summed E-state index contributed by atoms with van der Waals surface area (Å²) >= 11 is 0. The van der Waals surface area contributed by atoms with Gasteiger partial charge in [0.25, 0.3) is 0 Å². The zero-order chi connectivity index (χ0) is 13.0. The van der Waals surface area contributed by atoms with E-state index >= 15 is 0 Å². The van der Waals surface area contributed by atoms with Gasteiger partial charge < -0.3 is 10.1 Å². The van der Waals surface area contributed by atoms with Crippen molar-refractivity contribution in [2.24, 2.45) is 7.05 Å². The zero-order valence-corrected chi connectivity index (χ0v) is 10.1. The maximum atomic E-state index is 11.5. The molecule has 7 heteroatoms. The molecule has 0 spiro atoms. The Morgan fingerprint density at radius 3 is 2.89 bits per heavy atom. The monoisotopic (exact) mass is 247 g/mol. The summed E-state index contributed by atoms with van der Waals surface area (Å²) in [4.78, 5) is 12.9. The molecule has 7 nitrogen and oxygen atoms in total. The van der Waals surface area contributed by atoms with Crippen LogP contribution in [0.5, 0.6) is 0 Å². The normalized spacial score (nSPS) is 10.1. The SMILES string of the molecule is COC(=O)c1ccccc1NCc1nnn(C)n1. The molecule has 0 atom stereocenters. The van der Waals surface area contributed by atoms with Crippen LogP contribution in [0.3, 0.4) is 0 Å². The maximum absolute atomic E-state index is 11.5. The lowest BCUT2D eigenvalue weighted by Crippen LogP contribution is -2.09. The van der Waals surface area contributed by atoms with Crippen LogP contribution in [-0.2, 0) is 18.3 Å². The minimum atomic E-state index is -0.384. The number of aromatic nitrogens is 4. The van der Waals surface area contributed by atoms with Crippen LogP contribution >= 0.6 is 0 Å². The first-order valence-corrected chi connectivity index (χ1v) is 5.35. The third-order valence-electron chi connectivity index (χ3n) is 2.32. The van der Waals surface area contributed by atoms with Gasteiger partial charge in [0.05, 0.1) is 26.3 Å². The lowest BCUT2D eigenvalue weighted by molar-refractivity contribution is 0.0602. The molecular weight excluding hydrogens is 234 g/mol. The first-order chi connectivity index (χ1) is 8.70. The molecule has 0 saturated heterocycles. The number of anilines is 1. The predicted molar refractivity (Wildman–Crippen MR) is 63.9 cm³/mol. The number of nitrogens with zero attached hydrogens (tertiary/aromatic N) is 4. The van der Waals surface area contributed by atoms with E-state index in [1.54, 1.807) is 25.2 Å². The number of hydrogen-bond donors (Lipinski definition) is 1. The van der Waals surface area contributed by atoms with E-state index in [0.29, 0.717) is 23.6 Å². The Morgan fingerprint density at radius 1 is 1.44 bits per heavy atom. The second-order valence-electron chi connectivity index (χ2n) is 3.59. The Balaban J connectivity index is 2.11. The fourth-order valence-electron chi connectivity index (χ4n) is 1.49. The van der Waals surface area contributed by atoms with E-state index in [0.717, 1.165) is 0 Å². The van der Waals surface area contributed by atoms with Crippen LogP contribution in [0.15, 0.2) is 24.3 Å². The van der Waals surface area contributed by atoms with E-state index in [1.165, 1.54) is 11.9 Å². The molecule has 0 aliphatic rings. The molecule has 0 aliphatic heterocycles. The highest BCUT2D eigenvalue weighted by molar-refractivity contribution is 5.95. The minimum absolute atomic E-state index is 0.384. The highest BCUT2D eigenvalue weighted by atomic mass is 16.5. The van der Waals surface area contributed by atoms with Crippen LogP contribution in [0.25, 0.3) is 0 Å². The van der Waals surface area contributed by atoms with Gasteiger partial charge in [-0.25, -0.2) is 4.79 Å². The standard InChI is InChI=1S/C11H13N5O2/c1-16-14-10(13-15-16)7-12-9-6-4-3-5-8(9)11(17)18-2/h3-6,12H,7H2,1-2H3. The molecule has 1 aromatic heterocycles. The smallest absolute Gasteiger partial charge is 0.339 e. The number of esters is 1. The van der Waals surface area contributed by atoms with Crippen molar-refractivity contribution in [2.75, 3.05) is 12.4 Å². The van der Waals surface area contributed by atoms with Crippen molar-refractivity contribution in [3.8, 4) is 0 Å². The van der Waals surface area contributed by atoms with E-state index in [1.807, 2.05) is 6.07 Å². The number of rotatable bonds is 4. The Kier molecular flexibility index (Phi) is 3.52. The second kappa shape index (κ2) is 5.26. The summed E-state index contributed by atoms with van der Waals surface area (Å²) in [6.07, 6.45) is 0. The van der Waals surface area contributed by atoms with Crippen molar-refractivity contribution >= 4 is 11.7 Å². The summed E-state index contributed by atoms with van der Waals surface area (Å²) < 4.78 is 4.71. The van der Waals surface area contributed by atoms with Crippen LogP contribution in [-0.4, -0.2) is 33.3 Å². The van der Waals surface area contributed by atoms with Crippen LogP contribution in [0.2, 0.25) is 0 Å². The van der Waals surface area contributed by atoms with Gasteiger partial charge in [-0.15, -0.1) is 10.2 Å². The van der Waals surface area contributed by atoms with Crippen LogP contribution in [0, 0.1) is 0 Å². The molecule has 0 fully saturated rings. The van der Waals surface area contributed by atoms with E-state index < -0.39 is 0 Å². The van der Waals surface area contributed by atoms with Gasteiger partial charge in [0.1, 0.15) is 0 Å². The van der Waals surface area contributed by atoms with Crippen molar-refractivity contribution < 1.29 is 9.53 Å². The topological polar surface area (TPSA) is 81.9 Å². The van der Waals surface area contributed by atoms with Crippen LogP contribution in [0.1, 0.15) is 16.2 Å². The summed E-state index contributed by atoms with van der Waals surface area (Å²) in [5.41, 5.74) is 1.15.